The van der Waals surface area contributed by atoms with Crippen molar-refractivity contribution in [2.75, 3.05) is 20.8 Å². The fraction of sp³-hybridized carbons (Fsp3) is 0.467. The van der Waals surface area contributed by atoms with E-state index in [9.17, 15) is 14.7 Å². The van der Waals surface area contributed by atoms with Crippen LogP contribution in [0.4, 0.5) is 0 Å². The van der Waals surface area contributed by atoms with Crippen LogP contribution < -0.4 is 14.8 Å². The smallest absolute Gasteiger partial charge is 0.337 e. The number of aliphatic hydroxyl groups is 1. The minimum Gasteiger partial charge on any atom is -0.497 e. The van der Waals surface area contributed by atoms with Crippen molar-refractivity contribution in [1.82, 2.24) is 5.32 Å². The summed E-state index contributed by atoms with van der Waals surface area (Å²) in [6.07, 6.45) is 0.598. The highest BCUT2D eigenvalue weighted by molar-refractivity contribution is 5.80. The Hall–Kier alpha value is -2.28. The Morgan fingerprint density at radius 1 is 1.18 bits per heavy atom. The Balaban J connectivity index is 2.55. The van der Waals surface area contributed by atoms with Crippen LogP contribution in [-0.2, 0) is 16.0 Å². The van der Waals surface area contributed by atoms with E-state index >= 15 is 0 Å². The van der Waals surface area contributed by atoms with Gasteiger partial charge >= 0.3 is 5.97 Å². The molecule has 122 valence electrons. The molecule has 1 amide bonds. The number of carboxylic acids is 1. The third kappa shape index (κ3) is 5.25. The Morgan fingerprint density at radius 2 is 1.73 bits per heavy atom. The summed E-state index contributed by atoms with van der Waals surface area (Å²) in [6.45, 7) is 0.783. The molecular formula is C15H21NO6. The molecule has 0 spiro atoms. The minimum atomic E-state index is -1.98. The van der Waals surface area contributed by atoms with Gasteiger partial charge < -0.3 is 25.0 Å². The molecule has 0 fully saturated rings. The second-order valence-corrected chi connectivity index (χ2v) is 5.08. The Bertz CT molecular complexity index is 519. The van der Waals surface area contributed by atoms with Gasteiger partial charge in [0.15, 0.2) is 5.60 Å². The number of hydrogen-bond acceptors (Lipinski definition) is 5. The van der Waals surface area contributed by atoms with Crippen LogP contribution in [0.3, 0.4) is 0 Å². The number of carbonyl (C=O) groups excluding carboxylic acids is 1. The molecule has 1 aromatic rings. The topological polar surface area (TPSA) is 105 Å². The van der Waals surface area contributed by atoms with Crippen molar-refractivity contribution in [2.24, 2.45) is 0 Å². The van der Waals surface area contributed by atoms with Crippen LogP contribution in [0.5, 0.6) is 11.5 Å². The van der Waals surface area contributed by atoms with Gasteiger partial charge in [-0.25, -0.2) is 4.79 Å². The maximum atomic E-state index is 11.7. The third-order valence-electron chi connectivity index (χ3n) is 3.14. The molecule has 0 radical (unpaired) electrons. The van der Waals surface area contributed by atoms with E-state index in [-0.39, 0.29) is 18.9 Å². The molecule has 7 heteroatoms. The van der Waals surface area contributed by atoms with Gasteiger partial charge in [-0.05, 0) is 31.0 Å². The Morgan fingerprint density at radius 3 is 2.18 bits per heavy atom. The molecule has 1 atom stereocenters. The van der Waals surface area contributed by atoms with E-state index < -0.39 is 11.6 Å². The van der Waals surface area contributed by atoms with Gasteiger partial charge in [-0.15, -0.1) is 0 Å². The summed E-state index contributed by atoms with van der Waals surface area (Å²) in [4.78, 5) is 22.4. The van der Waals surface area contributed by atoms with Crippen molar-refractivity contribution < 1.29 is 29.3 Å². The second-order valence-electron chi connectivity index (χ2n) is 5.08. The number of carbonyl (C=O) groups is 2. The first-order valence-electron chi connectivity index (χ1n) is 6.73. The van der Waals surface area contributed by atoms with Crippen LogP contribution in [0.15, 0.2) is 18.2 Å². The van der Waals surface area contributed by atoms with Gasteiger partial charge in [0.05, 0.1) is 20.8 Å². The lowest BCUT2D eigenvalue weighted by atomic mass is 10.1. The molecule has 1 rings (SSSR count). The van der Waals surface area contributed by atoms with Crippen LogP contribution in [-0.4, -0.2) is 48.5 Å². The van der Waals surface area contributed by atoms with Crippen LogP contribution in [0, 0.1) is 0 Å². The van der Waals surface area contributed by atoms with Crippen molar-refractivity contribution in [3.63, 3.8) is 0 Å². The van der Waals surface area contributed by atoms with E-state index in [2.05, 4.69) is 5.32 Å². The molecule has 1 unspecified atom stereocenters. The average Bonchev–Trinajstić information content (AvgIpc) is 2.50. The van der Waals surface area contributed by atoms with Gasteiger partial charge in [0.25, 0.3) is 0 Å². The SMILES string of the molecule is COc1cc(CCC(=O)NCC(C)(O)C(=O)O)cc(OC)c1. The molecule has 1 aromatic carbocycles. The number of aryl methyl sites for hydroxylation is 1. The second kappa shape index (κ2) is 7.65. The number of nitrogens with one attached hydrogen (secondary N) is 1. The van der Waals surface area contributed by atoms with Gasteiger partial charge in [-0.3, -0.25) is 4.79 Å². The molecule has 0 aliphatic carbocycles. The zero-order chi connectivity index (χ0) is 16.8. The minimum absolute atomic E-state index is 0.159. The zero-order valence-corrected chi connectivity index (χ0v) is 12.9. The fourth-order valence-corrected chi connectivity index (χ4v) is 1.70. The van der Waals surface area contributed by atoms with Crippen molar-refractivity contribution >= 4 is 11.9 Å². The molecule has 22 heavy (non-hydrogen) atoms. The van der Waals surface area contributed by atoms with E-state index in [1.54, 1.807) is 32.4 Å². The van der Waals surface area contributed by atoms with Gasteiger partial charge in [0.2, 0.25) is 5.91 Å². The monoisotopic (exact) mass is 311 g/mol. The number of benzene rings is 1. The van der Waals surface area contributed by atoms with Crippen molar-refractivity contribution in [1.29, 1.82) is 0 Å². The summed E-state index contributed by atoms with van der Waals surface area (Å²) in [5.41, 5.74) is -1.12. The molecule has 0 aliphatic heterocycles. The number of rotatable bonds is 8. The molecular weight excluding hydrogens is 290 g/mol. The lowest BCUT2D eigenvalue weighted by Gasteiger charge is -2.18. The van der Waals surface area contributed by atoms with Crippen LogP contribution in [0.2, 0.25) is 0 Å². The Kier molecular flexibility index (Phi) is 6.18. The summed E-state index contributed by atoms with van der Waals surface area (Å²) >= 11 is 0. The maximum Gasteiger partial charge on any atom is 0.337 e. The first-order valence-corrected chi connectivity index (χ1v) is 6.73. The molecule has 0 bridgehead atoms. The number of methoxy groups -OCH3 is 2. The molecule has 0 saturated heterocycles. The van der Waals surface area contributed by atoms with E-state index in [0.29, 0.717) is 17.9 Å². The first kappa shape index (κ1) is 17.8. The van der Waals surface area contributed by atoms with Crippen LogP contribution in [0.25, 0.3) is 0 Å². The van der Waals surface area contributed by atoms with Gasteiger partial charge in [0, 0.05) is 12.5 Å². The van der Waals surface area contributed by atoms with Crippen molar-refractivity contribution in [3.05, 3.63) is 23.8 Å². The lowest BCUT2D eigenvalue weighted by molar-refractivity contribution is -0.156. The summed E-state index contributed by atoms with van der Waals surface area (Å²) in [5.74, 6) is -0.471. The number of hydrogen-bond donors (Lipinski definition) is 3. The fourth-order valence-electron chi connectivity index (χ4n) is 1.70. The van der Waals surface area contributed by atoms with Crippen molar-refractivity contribution in [3.8, 4) is 11.5 Å². The average molecular weight is 311 g/mol. The van der Waals surface area contributed by atoms with E-state index in [1.807, 2.05) is 0 Å². The normalized spacial score (nSPS) is 13.1. The summed E-state index contributed by atoms with van der Waals surface area (Å²) < 4.78 is 10.3. The maximum absolute atomic E-state index is 11.7. The highest BCUT2D eigenvalue weighted by Crippen LogP contribution is 2.23. The highest BCUT2D eigenvalue weighted by atomic mass is 16.5. The molecule has 0 heterocycles. The third-order valence-corrected chi connectivity index (χ3v) is 3.14. The molecule has 0 aliphatic rings. The Labute approximate surface area is 128 Å². The van der Waals surface area contributed by atoms with Crippen LogP contribution in [0.1, 0.15) is 18.9 Å². The summed E-state index contributed by atoms with van der Waals surface area (Å²) in [7, 11) is 3.08. The molecule has 3 N–H and O–H groups in total. The lowest BCUT2D eigenvalue weighted by Crippen LogP contribution is -2.46. The van der Waals surface area contributed by atoms with Gasteiger partial charge in [-0.2, -0.15) is 0 Å². The number of amides is 1. The van der Waals surface area contributed by atoms with Gasteiger partial charge in [0.1, 0.15) is 11.5 Å². The van der Waals surface area contributed by atoms with E-state index in [4.69, 9.17) is 14.6 Å². The summed E-state index contributed by atoms with van der Waals surface area (Å²) in [5, 5.41) is 20.7. The van der Waals surface area contributed by atoms with Crippen LogP contribution >= 0.6 is 0 Å². The van der Waals surface area contributed by atoms with Gasteiger partial charge in [-0.1, -0.05) is 0 Å². The predicted octanol–water partition coefficient (Wildman–Crippen LogP) is 0.588. The number of ether oxygens (including phenoxy) is 2. The number of carboxylic acid groups (broad SMARTS) is 1. The van der Waals surface area contributed by atoms with E-state index in [1.165, 1.54) is 0 Å². The molecule has 0 saturated carbocycles. The standard InChI is InChI=1S/C15H21NO6/c1-15(20,14(18)19)9-16-13(17)5-4-10-6-11(21-2)8-12(7-10)22-3/h6-8,20H,4-5,9H2,1-3H3,(H,16,17)(H,18,19). The molecule has 0 aromatic heterocycles. The quantitative estimate of drug-likeness (QED) is 0.649. The first-order chi connectivity index (χ1) is 10.3. The molecule has 7 nitrogen and oxygen atoms in total. The zero-order valence-electron chi connectivity index (χ0n) is 12.9. The predicted molar refractivity (Wildman–Crippen MR) is 79.1 cm³/mol. The summed E-state index contributed by atoms with van der Waals surface area (Å²) in [6, 6.07) is 5.32. The largest absolute Gasteiger partial charge is 0.497 e. The highest BCUT2D eigenvalue weighted by Gasteiger charge is 2.30. The van der Waals surface area contributed by atoms with E-state index in [0.717, 1.165) is 12.5 Å². The van der Waals surface area contributed by atoms with Crippen molar-refractivity contribution in [2.45, 2.75) is 25.4 Å². The number of aliphatic carboxylic acids is 1.